The van der Waals surface area contributed by atoms with Gasteiger partial charge in [0.05, 0.1) is 44.6 Å². The van der Waals surface area contributed by atoms with Crippen LogP contribution in [0.4, 0.5) is 0 Å². The molecule has 2 fully saturated rings. The van der Waals surface area contributed by atoms with Gasteiger partial charge in [-0.15, -0.1) is 0 Å². The molecule has 3 rings (SSSR count). The smallest absolute Gasteiger partial charge is 0.187 e. The summed E-state index contributed by atoms with van der Waals surface area (Å²) in [6.45, 7) is -3.45. The number of carbonyl (C=O) groups is 1. The molecule has 0 aromatic carbocycles. The second-order valence-corrected chi connectivity index (χ2v) is 11.0. The highest BCUT2D eigenvalue weighted by Crippen LogP contribution is 2.32. The van der Waals surface area contributed by atoms with Gasteiger partial charge < -0.3 is 101 Å². The van der Waals surface area contributed by atoms with Gasteiger partial charge in [0.2, 0.25) is 0 Å². The Morgan fingerprint density at radius 1 is 0.756 bits per heavy atom. The van der Waals surface area contributed by atoms with Crippen molar-refractivity contribution in [3.8, 4) is 0 Å². The van der Waals surface area contributed by atoms with Crippen LogP contribution in [0, 0.1) is 0 Å². The molecule has 0 aromatic heterocycles. The predicted octanol–water partition coefficient (Wildman–Crippen LogP) is -9.75. The van der Waals surface area contributed by atoms with Gasteiger partial charge in [-0.05, 0) is 5.57 Å². The van der Waals surface area contributed by atoms with Crippen molar-refractivity contribution in [2.75, 3.05) is 26.4 Å². The third kappa shape index (κ3) is 8.21. The first-order valence-electron chi connectivity index (χ1n) is 14.0. The molecule has 13 unspecified atom stereocenters. The molecule has 18 atom stereocenters. The van der Waals surface area contributed by atoms with E-state index in [0.29, 0.717) is 0 Å². The summed E-state index contributed by atoms with van der Waals surface area (Å²) in [6, 6.07) is -3.01. The molecular weight excluding hydrogens is 618 g/mol. The lowest BCUT2D eigenvalue weighted by atomic mass is 9.86. The zero-order valence-electron chi connectivity index (χ0n) is 23.7. The van der Waals surface area contributed by atoms with Crippen molar-refractivity contribution in [2.24, 2.45) is 0 Å². The Balaban J connectivity index is 1.77. The van der Waals surface area contributed by atoms with E-state index in [0.717, 1.165) is 6.08 Å². The Bertz CT molecular complexity index is 957. The number of nitrogens with one attached hydrogen (secondary N) is 1. The maximum Gasteiger partial charge on any atom is 0.187 e. The molecule has 0 amide bonds. The quantitative estimate of drug-likeness (QED) is 0.0606. The lowest BCUT2D eigenvalue weighted by Gasteiger charge is -2.47. The molecule has 0 spiro atoms. The van der Waals surface area contributed by atoms with E-state index >= 15 is 0 Å². The number of rotatable bonds is 14. The second kappa shape index (κ2) is 16.7. The van der Waals surface area contributed by atoms with Crippen molar-refractivity contribution in [1.82, 2.24) is 5.32 Å². The molecule has 3 aliphatic rings. The van der Waals surface area contributed by atoms with Gasteiger partial charge in [0, 0.05) is 0 Å². The van der Waals surface area contributed by atoms with Crippen molar-refractivity contribution >= 4 is 6.29 Å². The Kier molecular flexibility index (Phi) is 14.1. The second-order valence-electron chi connectivity index (χ2n) is 11.0. The summed E-state index contributed by atoms with van der Waals surface area (Å²) in [5, 5.41) is 145. The van der Waals surface area contributed by atoms with Crippen LogP contribution in [0.15, 0.2) is 11.6 Å². The molecule has 0 bridgehead atoms. The van der Waals surface area contributed by atoms with Crippen LogP contribution in [-0.2, 0) is 23.7 Å². The molecule has 1 aliphatic carbocycles. The van der Waals surface area contributed by atoms with Gasteiger partial charge >= 0.3 is 0 Å². The fraction of sp³-hybridized carbons (Fsp3) is 0.880. The summed E-state index contributed by atoms with van der Waals surface area (Å²) in [5.74, 6) is 0. The average Bonchev–Trinajstić information content (AvgIpc) is 3.04. The third-order valence-corrected chi connectivity index (χ3v) is 8.05. The van der Waals surface area contributed by atoms with E-state index in [1.165, 1.54) is 0 Å². The van der Waals surface area contributed by atoms with Crippen molar-refractivity contribution in [3.05, 3.63) is 11.6 Å². The molecular formula is C25H43NO19. The lowest BCUT2D eigenvalue weighted by molar-refractivity contribution is -0.364. The standard InChI is InChI=1S/C25H43NO19/c27-2-7-1-8(26-13(9(32)3-28)15(35)10(33)4-29)14(34)18(38)22(7)44-25-21(41)19(39)23(12(6-31)43-25)45-24-20(40)17(37)16(36)11(5-30)42-24/h1,4,8-28,30-41H,2-3,5-6H2/t8?,9-,10?,11?,12-,13?,14?,15?,16-,17?,18?,19-,20-,21?,22?,23?,24?,25?/m1/s1. The number of aliphatic hydroxyl groups excluding tert-OH is 14. The molecule has 2 saturated heterocycles. The zero-order valence-corrected chi connectivity index (χ0v) is 23.7. The lowest BCUT2D eigenvalue weighted by Crippen LogP contribution is -2.66. The number of aldehydes is 1. The molecule has 0 saturated carbocycles. The first-order chi connectivity index (χ1) is 21.2. The average molecular weight is 662 g/mol. The molecule has 2 heterocycles. The van der Waals surface area contributed by atoms with E-state index < -0.39 is 137 Å². The number of ether oxygens (including phenoxy) is 4. The van der Waals surface area contributed by atoms with Crippen LogP contribution in [0.1, 0.15) is 0 Å². The van der Waals surface area contributed by atoms with Crippen LogP contribution >= 0.6 is 0 Å². The summed E-state index contributed by atoms with van der Waals surface area (Å²) in [6.07, 6.45) is -27.7. The van der Waals surface area contributed by atoms with E-state index in [-0.39, 0.29) is 11.9 Å². The SMILES string of the molecule is O=CC(O)C(O)C(NC1C=C(CO)C(OC2O[C@H](CO)C(OC3OC(CO)[C@@H](O)C(O)[C@H]3O)[C@H](O)C2O)C(O)C1O)[C@H](O)CO. The minimum atomic E-state index is -2.01. The van der Waals surface area contributed by atoms with Gasteiger partial charge in [0.15, 0.2) is 18.9 Å². The zero-order chi connectivity index (χ0) is 33.7. The highest BCUT2D eigenvalue weighted by molar-refractivity contribution is 5.56. The monoisotopic (exact) mass is 661 g/mol. The van der Waals surface area contributed by atoms with Crippen molar-refractivity contribution in [2.45, 2.75) is 110 Å². The molecule has 262 valence electrons. The Labute approximate surface area is 255 Å². The number of hydrogen-bond acceptors (Lipinski definition) is 20. The molecule has 2 aliphatic heterocycles. The minimum Gasteiger partial charge on any atom is -0.394 e. The minimum absolute atomic E-state index is 0.0303. The van der Waals surface area contributed by atoms with Crippen LogP contribution < -0.4 is 5.32 Å². The normalized spacial score (nSPS) is 43.6. The van der Waals surface area contributed by atoms with Crippen LogP contribution in [0.5, 0.6) is 0 Å². The van der Waals surface area contributed by atoms with Crippen LogP contribution in [0.2, 0.25) is 0 Å². The van der Waals surface area contributed by atoms with Gasteiger partial charge in [-0.1, -0.05) is 6.08 Å². The van der Waals surface area contributed by atoms with E-state index in [1.54, 1.807) is 0 Å². The van der Waals surface area contributed by atoms with Crippen molar-refractivity contribution in [1.29, 1.82) is 0 Å². The summed E-state index contributed by atoms with van der Waals surface area (Å²) in [5.41, 5.74) is -0.154. The molecule has 20 heteroatoms. The largest absolute Gasteiger partial charge is 0.394 e. The van der Waals surface area contributed by atoms with E-state index in [4.69, 9.17) is 18.9 Å². The van der Waals surface area contributed by atoms with Gasteiger partial charge in [-0.25, -0.2) is 0 Å². The summed E-state index contributed by atoms with van der Waals surface area (Å²) >= 11 is 0. The van der Waals surface area contributed by atoms with E-state index in [9.17, 15) is 76.3 Å². The molecule has 20 nitrogen and oxygen atoms in total. The fourth-order valence-corrected chi connectivity index (χ4v) is 5.37. The summed E-state index contributed by atoms with van der Waals surface area (Å²) in [4.78, 5) is 10.9. The maximum absolute atomic E-state index is 10.9. The highest BCUT2D eigenvalue weighted by atomic mass is 16.7. The number of carbonyl (C=O) groups excluding carboxylic acids is 1. The number of hydrogen-bond donors (Lipinski definition) is 15. The molecule has 0 aromatic rings. The van der Waals surface area contributed by atoms with Gasteiger partial charge in [0.25, 0.3) is 0 Å². The van der Waals surface area contributed by atoms with Gasteiger partial charge in [-0.3, -0.25) is 0 Å². The number of aliphatic hydroxyl groups is 14. The van der Waals surface area contributed by atoms with Crippen LogP contribution in [0.25, 0.3) is 0 Å². The molecule has 15 N–H and O–H groups in total. The van der Waals surface area contributed by atoms with E-state index in [2.05, 4.69) is 5.32 Å². The van der Waals surface area contributed by atoms with E-state index in [1.807, 2.05) is 0 Å². The molecule has 0 radical (unpaired) electrons. The first-order valence-corrected chi connectivity index (χ1v) is 14.0. The third-order valence-electron chi connectivity index (χ3n) is 8.05. The van der Waals surface area contributed by atoms with Gasteiger partial charge in [-0.2, -0.15) is 0 Å². The predicted molar refractivity (Wildman–Crippen MR) is 140 cm³/mol. The fourth-order valence-electron chi connectivity index (χ4n) is 5.37. The Morgan fingerprint density at radius 2 is 1.33 bits per heavy atom. The summed E-state index contributed by atoms with van der Waals surface area (Å²) < 4.78 is 21.8. The van der Waals surface area contributed by atoms with Crippen molar-refractivity contribution in [3.63, 3.8) is 0 Å². The topological polar surface area (TPSA) is 349 Å². The maximum atomic E-state index is 10.9. The van der Waals surface area contributed by atoms with Crippen molar-refractivity contribution < 1.29 is 95.2 Å². The highest BCUT2D eigenvalue weighted by Gasteiger charge is 2.52. The summed E-state index contributed by atoms with van der Waals surface area (Å²) in [7, 11) is 0. The van der Waals surface area contributed by atoms with Crippen LogP contribution in [0.3, 0.4) is 0 Å². The Morgan fingerprint density at radius 3 is 1.89 bits per heavy atom. The Hall–Kier alpha value is -1.35. The van der Waals surface area contributed by atoms with Gasteiger partial charge in [0.1, 0.15) is 79.4 Å². The molecule has 45 heavy (non-hydrogen) atoms. The first kappa shape index (κ1) is 38.1. The van der Waals surface area contributed by atoms with Crippen LogP contribution in [-0.4, -0.2) is 214 Å².